The fourth-order valence-electron chi connectivity index (χ4n) is 3.64. The van der Waals surface area contributed by atoms with Crippen molar-refractivity contribution in [2.24, 2.45) is 4.99 Å². The van der Waals surface area contributed by atoms with E-state index in [1.807, 2.05) is 13.0 Å². The Balaban J connectivity index is 1.52. The summed E-state index contributed by atoms with van der Waals surface area (Å²) >= 11 is 0. The maximum Gasteiger partial charge on any atom is 0.191 e. The molecule has 3 rings (SSSR count). The molecular weight excluding hydrogens is 405 g/mol. The molecule has 0 unspecified atom stereocenters. The summed E-state index contributed by atoms with van der Waals surface area (Å²) in [4.78, 5) is 6.70. The van der Waals surface area contributed by atoms with Crippen molar-refractivity contribution in [1.82, 2.24) is 15.5 Å². The molecule has 0 bridgehead atoms. The van der Waals surface area contributed by atoms with Crippen LogP contribution in [-0.4, -0.2) is 43.6 Å². The summed E-state index contributed by atoms with van der Waals surface area (Å²) in [6, 6.07) is 8.66. The van der Waals surface area contributed by atoms with Crippen LogP contribution in [0.15, 0.2) is 41.4 Å². The van der Waals surface area contributed by atoms with Crippen molar-refractivity contribution >= 4 is 5.96 Å². The van der Waals surface area contributed by atoms with Gasteiger partial charge in [-0.3, -0.25) is 4.90 Å². The van der Waals surface area contributed by atoms with E-state index in [2.05, 4.69) is 20.5 Å². The smallest absolute Gasteiger partial charge is 0.191 e. The molecule has 8 heteroatoms. The first-order valence-corrected chi connectivity index (χ1v) is 10.5. The fourth-order valence-corrected chi connectivity index (χ4v) is 3.64. The highest BCUT2D eigenvalue weighted by Gasteiger charge is 2.20. The molecule has 2 aromatic rings. The molecular formula is C23H29F3N4O. The largest absolute Gasteiger partial charge is 0.494 e. The van der Waals surface area contributed by atoms with Crippen molar-refractivity contribution in [2.75, 3.05) is 26.7 Å². The highest BCUT2D eigenvalue weighted by molar-refractivity contribution is 5.80. The summed E-state index contributed by atoms with van der Waals surface area (Å²) < 4.78 is 46.1. The van der Waals surface area contributed by atoms with E-state index in [1.165, 1.54) is 19.2 Å². The zero-order chi connectivity index (χ0) is 22.2. The van der Waals surface area contributed by atoms with Crippen molar-refractivity contribution in [3.63, 3.8) is 0 Å². The molecule has 0 saturated carbocycles. The topological polar surface area (TPSA) is 48.9 Å². The fraction of sp³-hybridized carbons (Fsp3) is 0.435. The number of likely N-dealkylation sites (tertiary alicyclic amines) is 1. The molecule has 0 amide bonds. The van der Waals surface area contributed by atoms with E-state index >= 15 is 0 Å². The van der Waals surface area contributed by atoms with Crippen molar-refractivity contribution in [3.8, 4) is 5.75 Å². The maximum atomic E-state index is 13.9. The molecule has 0 atom stereocenters. The minimum atomic E-state index is -0.478. The van der Waals surface area contributed by atoms with Crippen molar-refractivity contribution in [2.45, 2.75) is 38.9 Å². The molecule has 168 valence electrons. The van der Waals surface area contributed by atoms with Crippen molar-refractivity contribution < 1.29 is 17.9 Å². The van der Waals surface area contributed by atoms with E-state index in [0.717, 1.165) is 43.6 Å². The second kappa shape index (κ2) is 11.0. The van der Waals surface area contributed by atoms with Crippen LogP contribution in [0.2, 0.25) is 0 Å². The van der Waals surface area contributed by atoms with Crippen LogP contribution < -0.4 is 15.4 Å². The Hall–Kier alpha value is -2.74. The molecule has 2 N–H and O–H groups in total. The SMILES string of the molecule is CCNC(=NCc1cc(F)ccc1F)NC1CCN(Cc2ccc(OC)c(F)c2)CC1. The molecule has 1 saturated heterocycles. The van der Waals surface area contributed by atoms with Gasteiger partial charge in [-0.25, -0.2) is 18.2 Å². The molecule has 2 aromatic carbocycles. The maximum absolute atomic E-state index is 13.9. The highest BCUT2D eigenvalue weighted by atomic mass is 19.1. The predicted octanol–water partition coefficient (Wildman–Crippen LogP) is 3.83. The average Bonchev–Trinajstić information content (AvgIpc) is 2.76. The van der Waals surface area contributed by atoms with E-state index in [0.29, 0.717) is 19.0 Å². The standard InChI is InChI=1S/C23H29F3N4O/c1-3-27-23(28-14-17-13-18(24)5-6-20(17)25)29-19-8-10-30(11-9-19)15-16-4-7-22(31-2)21(26)12-16/h4-7,12-13,19H,3,8-11,14-15H2,1-2H3,(H2,27,28,29). The van der Waals surface area contributed by atoms with Gasteiger partial charge in [0, 0.05) is 37.8 Å². The van der Waals surface area contributed by atoms with Gasteiger partial charge in [-0.2, -0.15) is 0 Å². The Bertz CT molecular complexity index is 898. The van der Waals surface area contributed by atoms with E-state index in [-0.39, 0.29) is 29.7 Å². The third-order valence-electron chi connectivity index (χ3n) is 5.31. The van der Waals surface area contributed by atoms with Gasteiger partial charge in [0.15, 0.2) is 17.5 Å². The number of rotatable bonds is 7. The van der Waals surface area contributed by atoms with Gasteiger partial charge >= 0.3 is 0 Å². The van der Waals surface area contributed by atoms with Crippen molar-refractivity contribution in [1.29, 1.82) is 0 Å². The van der Waals surface area contributed by atoms with Crippen LogP contribution in [0, 0.1) is 17.5 Å². The normalized spacial score (nSPS) is 15.7. The van der Waals surface area contributed by atoms with Crippen molar-refractivity contribution in [3.05, 3.63) is 65.0 Å². The number of nitrogens with one attached hydrogen (secondary N) is 2. The Morgan fingerprint density at radius 3 is 2.55 bits per heavy atom. The van der Waals surface area contributed by atoms with Gasteiger partial charge in [-0.1, -0.05) is 6.07 Å². The van der Waals surface area contributed by atoms with E-state index < -0.39 is 11.6 Å². The molecule has 0 radical (unpaired) electrons. The molecule has 1 aliphatic rings. The second-order valence-electron chi connectivity index (χ2n) is 7.59. The molecule has 1 aliphatic heterocycles. The molecule has 0 spiro atoms. The number of aliphatic imine (C=N–C) groups is 1. The first kappa shape index (κ1) is 22.9. The summed E-state index contributed by atoms with van der Waals surface area (Å²) in [6.07, 6.45) is 1.80. The number of ether oxygens (including phenoxy) is 1. The predicted molar refractivity (Wildman–Crippen MR) is 116 cm³/mol. The zero-order valence-electron chi connectivity index (χ0n) is 17.9. The molecule has 5 nitrogen and oxygen atoms in total. The average molecular weight is 435 g/mol. The number of benzene rings is 2. The highest BCUT2D eigenvalue weighted by Crippen LogP contribution is 2.20. The Morgan fingerprint density at radius 2 is 1.87 bits per heavy atom. The lowest BCUT2D eigenvalue weighted by atomic mass is 10.0. The van der Waals surface area contributed by atoms with Gasteiger partial charge in [0.1, 0.15) is 11.6 Å². The lowest BCUT2D eigenvalue weighted by Gasteiger charge is -2.33. The van der Waals surface area contributed by atoms with Gasteiger partial charge in [-0.05, 0) is 55.7 Å². The second-order valence-corrected chi connectivity index (χ2v) is 7.59. The minimum Gasteiger partial charge on any atom is -0.494 e. The Kier molecular flexibility index (Phi) is 8.17. The molecule has 31 heavy (non-hydrogen) atoms. The lowest BCUT2D eigenvalue weighted by Crippen LogP contribution is -2.48. The van der Waals surface area contributed by atoms with Crippen LogP contribution in [0.3, 0.4) is 0 Å². The minimum absolute atomic E-state index is 0.0564. The van der Waals surface area contributed by atoms with Gasteiger partial charge < -0.3 is 15.4 Å². The van der Waals surface area contributed by atoms with Gasteiger partial charge in [0.2, 0.25) is 0 Å². The summed E-state index contributed by atoms with van der Waals surface area (Å²) in [5.74, 6) is -0.461. The van der Waals surface area contributed by atoms with Crippen LogP contribution in [0.4, 0.5) is 13.2 Å². The number of hydrogen-bond acceptors (Lipinski definition) is 3. The summed E-state index contributed by atoms with van der Waals surface area (Å²) in [6.45, 7) is 5.09. The van der Waals surface area contributed by atoms with E-state index in [1.54, 1.807) is 6.07 Å². The summed E-state index contributed by atoms with van der Waals surface area (Å²) in [5.41, 5.74) is 1.13. The number of hydrogen-bond donors (Lipinski definition) is 2. The first-order valence-electron chi connectivity index (χ1n) is 10.5. The number of piperidine rings is 1. The van der Waals surface area contributed by atoms with Crippen LogP contribution >= 0.6 is 0 Å². The quantitative estimate of drug-likeness (QED) is 0.514. The van der Waals surface area contributed by atoms with Gasteiger partial charge in [0.05, 0.1) is 13.7 Å². The van der Waals surface area contributed by atoms with E-state index in [4.69, 9.17) is 4.74 Å². The first-order chi connectivity index (χ1) is 15.0. The van der Waals surface area contributed by atoms with Gasteiger partial charge in [-0.15, -0.1) is 0 Å². The Morgan fingerprint density at radius 1 is 1.10 bits per heavy atom. The lowest BCUT2D eigenvalue weighted by molar-refractivity contribution is 0.198. The van der Waals surface area contributed by atoms with Crippen LogP contribution in [0.5, 0.6) is 5.75 Å². The molecule has 0 aliphatic carbocycles. The number of nitrogens with zero attached hydrogens (tertiary/aromatic N) is 2. The molecule has 1 heterocycles. The summed E-state index contributed by atoms with van der Waals surface area (Å²) in [5, 5.41) is 6.55. The molecule has 0 aromatic heterocycles. The molecule has 1 fully saturated rings. The Labute approximate surface area is 181 Å². The summed E-state index contributed by atoms with van der Waals surface area (Å²) in [7, 11) is 1.45. The van der Waals surface area contributed by atoms with Crippen LogP contribution in [0.1, 0.15) is 30.9 Å². The third-order valence-corrected chi connectivity index (χ3v) is 5.31. The number of methoxy groups -OCH3 is 1. The number of guanidine groups is 1. The zero-order valence-corrected chi connectivity index (χ0v) is 17.9. The van der Waals surface area contributed by atoms with Gasteiger partial charge in [0.25, 0.3) is 0 Å². The number of halogens is 3. The van der Waals surface area contributed by atoms with Crippen LogP contribution in [-0.2, 0) is 13.1 Å². The van der Waals surface area contributed by atoms with E-state index in [9.17, 15) is 13.2 Å². The monoisotopic (exact) mass is 434 g/mol. The third kappa shape index (κ3) is 6.62. The van der Waals surface area contributed by atoms with Crippen LogP contribution in [0.25, 0.3) is 0 Å².